The Labute approximate surface area is 158 Å². The number of aliphatic imine (C=N–C) groups is 1. The molecular formula is C17H32IN5. The van der Waals surface area contributed by atoms with E-state index < -0.39 is 0 Å². The third-order valence-corrected chi connectivity index (χ3v) is 3.41. The first kappa shape index (κ1) is 22.1. The van der Waals surface area contributed by atoms with Crippen LogP contribution in [0.25, 0.3) is 0 Å². The van der Waals surface area contributed by atoms with E-state index in [2.05, 4.69) is 34.0 Å². The summed E-state index contributed by atoms with van der Waals surface area (Å²) < 4.78 is 0. The first-order valence-electron chi connectivity index (χ1n) is 8.42. The summed E-state index contributed by atoms with van der Waals surface area (Å²) in [5, 5.41) is 3.14. The molecule has 0 spiro atoms. The molecule has 1 heterocycles. The van der Waals surface area contributed by atoms with E-state index in [0.29, 0.717) is 5.96 Å². The summed E-state index contributed by atoms with van der Waals surface area (Å²) in [6.07, 6.45) is 6.15. The van der Waals surface area contributed by atoms with E-state index in [1.54, 1.807) is 0 Å². The highest BCUT2D eigenvalue weighted by Crippen LogP contribution is 1.96. The van der Waals surface area contributed by atoms with E-state index >= 15 is 0 Å². The quantitative estimate of drug-likeness (QED) is 0.244. The average molecular weight is 433 g/mol. The number of nitrogens with zero attached hydrogens (tertiary/aromatic N) is 3. The SMILES string of the molecule is CCCN(CCC)CCCN=C(N)NCCc1ccccn1.I. The maximum absolute atomic E-state index is 5.88. The van der Waals surface area contributed by atoms with Gasteiger partial charge in [-0.05, 0) is 51.0 Å². The fraction of sp³-hybridized carbons (Fsp3) is 0.647. The molecule has 1 aromatic rings. The van der Waals surface area contributed by atoms with Gasteiger partial charge in [0.25, 0.3) is 0 Å². The van der Waals surface area contributed by atoms with Gasteiger partial charge in [-0.2, -0.15) is 0 Å². The maximum Gasteiger partial charge on any atom is 0.188 e. The number of halogens is 1. The van der Waals surface area contributed by atoms with Gasteiger partial charge in [0, 0.05) is 31.4 Å². The summed E-state index contributed by atoms with van der Waals surface area (Å²) in [4.78, 5) is 11.2. The number of guanidine groups is 1. The van der Waals surface area contributed by atoms with Gasteiger partial charge < -0.3 is 16.0 Å². The highest BCUT2D eigenvalue weighted by atomic mass is 127. The molecule has 0 unspecified atom stereocenters. The minimum atomic E-state index is 0. The zero-order chi connectivity index (χ0) is 16.0. The summed E-state index contributed by atoms with van der Waals surface area (Å²) in [5.74, 6) is 0.536. The predicted molar refractivity (Wildman–Crippen MR) is 109 cm³/mol. The average Bonchev–Trinajstić information content (AvgIpc) is 2.53. The van der Waals surface area contributed by atoms with Crippen LogP contribution < -0.4 is 11.1 Å². The van der Waals surface area contributed by atoms with Gasteiger partial charge in [0.15, 0.2) is 5.96 Å². The Bertz CT molecular complexity index is 405. The number of rotatable bonds is 11. The van der Waals surface area contributed by atoms with E-state index in [-0.39, 0.29) is 24.0 Å². The molecule has 0 amide bonds. The molecule has 1 rings (SSSR count). The van der Waals surface area contributed by atoms with Gasteiger partial charge in [-0.3, -0.25) is 9.98 Å². The van der Waals surface area contributed by atoms with Crippen LogP contribution >= 0.6 is 24.0 Å². The smallest absolute Gasteiger partial charge is 0.188 e. The summed E-state index contributed by atoms with van der Waals surface area (Å²) in [7, 11) is 0. The Morgan fingerprint density at radius 3 is 2.57 bits per heavy atom. The topological polar surface area (TPSA) is 66.5 Å². The molecule has 3 N–H and O–H groups in total. The van der Waals surface area contributed by atoms with Crippen molar-refractivity contribution >= 4 is 29.9 Å². The van der Waals surface area contributed by atoms with Crippen molar-refractivity contribution in [2.24, 2.45) is 10.7 Å². The molecule has 132 valence electrons. The van der Waals surface area contributed by atoms with Gasteiger partial charge in [-0.15, -0.1) is 24.0 Å². The fourth-order valence-corrected chi connectivity index (χ4v) is 2.38. The minimum absolute atomic E-state index is 0. The van der Waals surface area contributed by atoms with Crippen LogP contribution in [-0.2, 0) is 6.42 Å². The van der Waals surface area contributed by atoms with Crippen molar-refractivity contribution in [1.82, 2.24) is 15.2 Å². The number of hydrogen-bond acceptors (Lipinski definition) is 3. The van der Waals surface area contributed by atoms with Crippen molar-refractivity contribution in [2.75, 3.05) is 32.7 Å². The highest BCUT2D eigenvalue weighted by molar-refractivity contribution is 14.0. The second-order valence-corrected chi connectivity index (χ2v) is 5.46. The van der Waals surface area contributed by atoms with Crippen LogP contribution in [0.2, 0.25) is 0 Å². The Balaban J connectivity index is 0.00000484. The highest BCUT2D eigenvalue weighted by Gasteiger charge is 2.01. The molecule has 5 nitrogen and oxygen atoms in total. The Morgan fingerprint density at radius 2 is 1.96 bits per heavy atom. The van der Waals surface area contributed by atoms with E-state index in [1.165, 1.54) is 25.9 Å². The molecule has 0 aromatic carbocycles. The van der Waals surface area contributed by atoms with Crippen LogP contribution in [-0.4, -0.2) is 48.6 Å². The van der Waals surface area contributed by atoms with Crippen LogP contribution in [0, 0.1) is 0 Å². The van der Waals surface area contributed by atoms with Gasteiger partial charge in [0.1, 0.15) is 0 Å². The van der Waals surface area contributed by atoms with E-state index in [9.17, 15) is 0 Å². The van der Waals surface area contributed by atoms with Crippen LogP contribution in [0.15, 0.2) is 29.4 Å². The molecule has 0 fully saturated rings. The lowest BCUT2D eigenvalue weighted by Gasteiger charge is -2.20. The van der Waals surface area contributed by atoms with Crippen molar-refractivity contribution in [2.45, 2.75) is 39.5 Å². The summed E-state index contributed by atoms with van der Waals surface area (Å²) >= 11 is 0. The molecule has 6 heteroatoms. The lowest BCUT2D eigenvalue weighted by molar-refractivity contribution is 0.273. The summed E-state index contributed by atoms with van der Waals surface area (Å²) in [6.45, 7) is 9.46. The summed E-state index contributed by atoms with van der Waals surface area (Å²) in [6, 6.07) is 5.94. The number of nitrogens with two attached hydrogens (primary N) is 1. The van der Waals surface area contributed by atoms with E-state index in [4.69, 9.17) is 5.73 Å². The fourth-order valence-electron chi connectivity index (χ4n) is 2.38. The first-order valence-corrected chi connectivity index (χ1v) is 8.42. The number of aromatic nitrogens is 1. The molecule has 0 saturated heterocycles. The Kier molecular flexibility index (Phi) is 14.1. The molecule has 0 bridgehead atoms. The zero-order valence-electron chi connectivity index (χ0n) is 14.5. The van der Waals surface area contributed by atoms with Gasteiger partial charge >= 0.3 is 0 Å². The van der Waals surface area contributed by atoms with Crippen LogP contribution in [0.1, 0.15) is 38.8 Å². The van der Waals surface area contributed by atoms with E-state index in [0.717, 1.165) is 38.2 Å². The molecule has 0 aliphatic carbocycles. The lowest BCUT2D eigenvalue weighted by Crippen LogP contribution is -2.33. The van der Waals surface area contributed by atoms with Crippen molar-refractivity contribution < 1.29 is 0 Å². The molecule has 1 aromatic heterocycles. The molecule has 0 saturated carbocycles. The van der Waals surface area contributed by atoms with Gasteiger partial charge in [0.2, 0.25) is 0 Å². The van der Waals surface area contributed by atoms with Crippen LogP contribution in [0.3, 0.4) is 0 Å². The monoisotopic (exact) mass is 433 g/mol. The molecule has 0 atom stereocenters. The van der Waals surface area contributed by atoms with Gasteiger partial charge in [-0.25, -0.2) is 0 Å². The van der Waals surface area contributed by atoms with Crippen LogP contribution in [0.5, 0.6) is 0 Å². The number of hydrogen-bond donors (Lipinski definition) is 2. The lowest BCUT2D eigenvalue weighted by atomic mass is 10.3. The van der Waals surface area contributed by atoms with Crippen LogP contribution in [0.4, 0.5) is 0 Å². The van der Waals surface area contributed by atoms with Gasteiger partial charge in [-0.1, -0.05) is 19.9 Å². The molecule has 0 aliphatic rings. The standard InChI is InChI=1S/C17H31N5.HI/c1-3-13-22(14-4-2)15-7-11-20-17(18)21-12-9-16-8-5-6-10-19-16;/h5-6,8,10H,3-4,7,9,11-15H2,1-2H3,(H3,18,20,21);1H. The Morgan fingerprint density at radius 1 is 1.22 bits per heavy atom. The normalized spacial score (nSPS) is 11.3. The second kappa shape index (κ2) is 14.7. The summed E-state index contributed by atoms with van der Waals surface area (Å²) in [5.41, 5.74) is 6.94. The third kappa shape index (κ3) is 11.3. The third-order valence-electron chi connectivity index (χ3n) is 3.41. The Hall–Kier alpha value is -0.890. The number of pyridine rings is 1. The van der Waals surface area contributed by atoms with Crippen molar-refractivity contribution in [3.8, 4) is 0 Å². The van der Waals surface area contributed by atoms with Crippen molar-refractivity contribution in [3.63, 3.8) is 0 Å². The largest absolute Gasteiger partial charge is 0.370 e. The van der Waals surface area contributed by atoms with Gasteiger partial charge in [0.05, 0.1) is 0 Å². The zero-order valence-corrected chi connectivity index (χ0v) is 16.8. The first-order chi connectivity index (χ1) is 10.8. The molecule has 0 aliphatic heterocycles. The minimum Gasteiger partial charge on any atom is -0.370 e. The molecule has 0 radical (unpaired) electrons. The number of nitrogens with one attached hydrogen (secondary N) is 1. The van der Waals surface area contributed by atoms with Crippen molar-refractivity contribution in [1.29, 1.82) is 0 Å². The molecule has 23 heavy (non-hydrogen) atoms. The molecular weight excluding hydrogens is 401 g/mol. The maximum atomic E-state index is 5.88. The second-order valence-electron chi connectivity index (χ2n) is 5.46. The van der Waals surface area contributed by atoms with Crippen molar-refractivity contribution in [3.05, 3.63) is 30.1 Å². The van der Waals surface area contributed by atoms with E-state index in [1.807, 2.05) is 24.4 Å². The predicted octanol–water partition coefficient (Wildman–Crippen LogP) is 2.66.